The molecule has 48 valence electrons. The Hall–Kier alpha value is 0.360. The van der Waals surface area contributed by atoms with Crippen LogP contribution in [0.2, 0.25) is 0 Å². The van der Waals surface area contributed by atoms with E-state index in [1.54, 1.807) is 0 Å². The summed E-state index contributed by atoms with van der Waals surface area (Å²) in [5.41, 5.74) is 4.34. The number of hydrogen-bond acceptors (Lipinski definition) is 1. The van der Waals surface area contributed by atoms with Crippen LogP contribution in [0, 0.1) is 0 Å². The normalized spacial score (nSPS) is 3.57. The maximum absolute atomic E-state index is 9.09. The lowest BCUT2D eigenvalue weighted by Crippen LogP contribution is -1.95. The number of primary amides is 1. The molecule has 1 amide bonds. The molecule has 3 nitrogen and oxygen atoms in total. The number of thiol groups is 1. The van der Waals surface area contributed by atoms with Crippen molar-refractivity contribution in [3.05, 3.63) is 0 Å². The first-order chi connectivity index (χ1) is 1.73. The molecule has 0 aliphatic heterocycles. The van der Waals surface area contributed by atoms with E-state index in [-0.39, 0.29) is 30.3 Å². The number of rotatable bonds is 0. The average Bonchev–Trinajstić information content (AvgIpc) is 0.811. The quantitative estimate of drug-likeness (QED) is 0.491. The summed E-state index contributed by atoms with van der Waals surface area (Å²) in [5.74, 6) is 0. The molecular weight excluding hydrogens is 161 g/mol. The second kappa shape index (κ2) is 16.2. The van der Waals surface area contributed by atoms with Crippen LogP contribution in [0.25, 0.3) is 0 Å². The molecule has 4 N–H and O–H groups in total. The van der Waals surface area contributed by atoms with Crippen LogP contribution in [-0.4, -0.2) is 10.7 Å². The summed E-state index contributed by atoms with van der Waals surface area (Å²) in [6, 6.07) is 0. The van der Waals surface area contributed by atoms with Crippen LogP contribution in [0.5, 0.6) is 0 Å². The molecule has 0 aromatic rings. The molecule has 0 saturated heterocycles. The monoisotopic (exact) mass is 167 g/mol. The fourth-order valence-electron chi connectivity index (χ4n) is 0. The van der Waals surface area contributed by atoms with Crippen molar-refractivity contribution in [2.45, 2.75) is 0 Å². The molecule has 0 saturated carbocycles. The van der Waals surface area contributed by atoms with Crippen molar-refractivity contribution in [3.63, 3.8) is 0 Å². The Bertz CT molecular complexity index is 38.7. The number of amides is 1. The second-order valence-corrected chi connectivity index (χ2v) is 0.779. The zero-order chi connectivity index (χ0) is 3.58. The summed E-state index contributed by atoms with van der Waals surface area (Å²) in [6.07, 6.45) is 0. The predicted molar refractivity (Wildman–Crippen MR) is 36.7 cm³/mol. The number of halogens is 2. The Labute approximate surface area is 59.2 Å². The van der Waals surface area contributed by atoms with Crippen molar-refractivity contribution in [2.75, 3.05) is 0 Å². The van der Waals surface area contributed by atoms with E-state index in [1.807, 2.05) is 0 Å². The lowest BCUT2D eigenvalue weighted by atomic mass is 11.5. The number of nitrogens with two attached hydrogens (primary N) is 1. The first kappa shape index (κ1) is 26.4. The van der Waals surface area contributed by atoms with Crippen molar-refractivity contribution in [2.24, 2.45) is 5.73 Å². The van der Waals surface area contributed by atoms with Gasteiger partial charge >= 0.3 is 0 Å². The third kappa shape index (κ3) is 933. The lowest BCUT2D eigenvalue weighted by molar-refractivity contribution is 0.267. The highest BCUT2D eigenvalue weighted by atomic mass is 35.5. The van der Waals surface area contributed by atoms with Crippen LogP contribution in [-0.2, 0) is 0 Å². The minimum Gasteiger partial charge on any atom is -0.412 e. The van der Waals surface area contributed by atoms with Crippen molar-refractivity contribution < 1.29 is 10.3 Å². The average molecular weight is 168 g/mol. The van der Waals surface area contributed by atoms with E-state index in [4.69, 9.17) is 4.79 Å². The summed E-state index contributed by atoms with van der Waals surface area (Å²) in [4.78, 5) is 9.09. The predicted octanol–water partition coefficient (Wildman–Crippen LogP) is 0.0138. The second-order valence-electron chi connectivity index (χ2n) is 0.338. The molecule has 0 spiro atoms. The number of carbonyl (C=O) groups excluding carboxylic acids is 1. The SMILES string of the molecule is Cl.Cl.NC(=O)S.O. The van der Waals surface area contributed by atoms with Gasteiger partial charge in [0, 0.05) is 0 Å². The summed E-state index contributed by atoms with van der Waals surface area (Å²) >= 11 is 3.10. The van der Waals surface area contributed by atoms with E-state index in [0.717, 1.165) is 0 Å². The number of hydrogen-bond donors (Lipinski definition) is 2. The zero-order valence-electron chi connectivity index (χ0n) is 3.25. The van der Waals surface area contributed by atoms with Gasteiger partial charge in [0.2, 0.25) is 0 Å². The minimum absolute atomic E-state index is 0. The Balaban J connectivity index is -0.0000000150. The van der Waals surface area contributed by atoms with Gasteiger partial charge in [-0.2, -0.15) is 0 Å². The molecule has 0 heterocycles. The summed E-state index contributed by atoms with van der Waals surface area (Å²) in [7, 11) is 0. The summed E-state index contributed by atoms with van der Waals surface area (Å²) in [5, 5.41) is -0.639. The van der Waals surface area contributed by atoms with Gasteiger partial charge in [-0.25, -0.2) is 0 Å². The van der Waals surface area contributed by atoms with Gasteiger partial charge in [0.25, 0.3) is 5.24 Å². The third-order valence-corrected chi connectivity index (χ3v) is 0. The molecule has 0 radical (unpaired) electrons. The minimum atomic E-state index is -0.639. The molecule has 0 bridgehead atoms. The first-order valence-corrected chi connectivity index (χ1v) is 1.16. The fraction of sp³-hybridized carbons (Fsp3) is 0. The van der Waals surface area contributed by atoms with Crippen molar-refractivity contribution in [1.82, 2.24) is 0 Å². The largest absolute Gasteiger partial charge is 0.412 e. The molecule has 0 rings (SSSR count). The molecule has 7 heavy (non-hydrogen) atoms. The van der Waals surface area contributed by atoms with Crippen LogP contribution >= 0.6 is 37.4 Å². The fourth-order valence-corrected chi connectivity index (χ4v) is 0. The van der Waals surface area contributed by atoms with Crippen molar-refractivity contribution in [3.8, 4) is 0 Å². The lowest BCUT2D eigenvalue weighted by Gasteiger charge is -1.58. The third-order valence-electron chi connectivity index (χ3n) is 0. The van der Waals surface area contributed by atoms with E-state index < -0.39 is 5.24 Å². The Morgan fingerprint density at radius 2 is 1.43 bits per heavy atom. The van der Waals surface area contributed by atoms with Crippen molar-refractivity contribution >= 4 is 42.7 Å². The van der Waals surface area contributed by atoms with E-state index in [0.29, 0.717) is 0 Å². The molecule has 0 aromatic heterocycles. The highest BCUT2D eigenvalue weighted by molar-refractivity contribution is 7.96. The van der Waals surface area contributed by atoms with E-state index in [9.17, 15) is 0 Å². The molecule has 0 aliphatic carbocycles. The molecule has 0 unspecified atom stereocenters. The maximum atomic E-state index is 9.09. The van der Waals surface area contributed by atoms with Crippen LogP contribution in [0.1, 0.15) is 0 Å². The molecule has 6 heteroatoms. The summed E-state index contributed by atoms with van der Waals surface area (Å²) < 4.78 is 0. The highest BCUT2D eigenvalue weighted by Gasteiger charge is 1.63. The maximum Gasteiger partial charge on any atom is 0.273 e. The van der Waals surface area contributed by atoms with Gasteiger partial charge in [0.05, 0.1) is 0 Å². The summed E-state index contributed by atoms with van der Waals surface area (Å²) in [6.45, 7) is 0. The highest BCUT2D eigenvalue weighted by Crippen LogP contribution is 1.60. The van der Waals surface area contributed by atoms with Gasteiger partial charge < -0.3 is 11.2 Å². The van der Waals surface area contributed by atoms with Gasteiger partial charge in [0.1, 0.15) is 0 Å². The van der Waals surface area contributed by atoms with Gasteiger partial charge in [-0.1, -0.05) is 12.6 Å². The Morgan fingerprint density at radius 1 is 1.43 bits per heavy atom. The molecule has 0 aromatic carbocycles. The molecule has 0 aliphatic rings. The van der Waals surface area contributed by atoms with E-state index in [2.05, 4.69) is 18.4 Å². The molecule has 0 atom stereocenters. The standard InChI is InChI=1S/CH3NOS.2ClH.H2O/c2-1(3)4;;;/h(H3,2,3,4);2*1H;1H2. The smallest absolute Gasteiger partial charge is 0.273 e. The van der Waals surface area contributed by atoms with Crippen molar-refractivity contribution in [1.29, 1.82) is 0 Å². The van der Waals surface area contributed by atoms with E-state index >= 15 is 0 Å². The van der Waals surface area contributed by atoms with Gasteiger partial charge in [-0.3, -0.25) is 4.79 Å². The first-order valence-electron chi connectivity index (χ1n) is 0.716. The Kier molecular flexibility index (Phi) is 61.0. The van der Waals surface area contributed by atoms with Crippen LogP contribution < -0.4 is 5.73 Å². The number of carbonyl (C=O) groups is 1. The van der Waals surface area contributed by atoms with Crippen LogP contribution in [0.4, 0.5) is 4.79 Å². The van der Waals surface area contributed by atoms with Gasteiger partial charge in [0.15, 0.2) is 0 Å². The Morgan fingerprint density at radius 3 is 1.43 bits per heavy atom. The van der Waals surface area contributed by atoms with Gasteiger partial charge in [-0.15, -0.1) is 24.8 Å². The zero-order valence-corrected chi connectivity index (χ0v) is 5.78. The topological polar surface area (TPSA) is 74.6 Å². The van der Waals surface area contributed by atoms with Crippen LogP contribution in [0.3, 0.4) is 0 Å². The van der Waals surface area contributed by atoms with Crippen LogP contribution in [0.15, 0.2) is 0 Å². The van der Waals surface area contributed by atoms with E-state index in [1.165, 1.54) is 0 Å². The molecular formula is CH7Cl2NO2S. The van der Waals surface area contributed by atoms with Gasteiger partial charge in [-0.05, 0) is 0 Å². The molecule has 0 fully saturated rings.